The van der Waals surface area contributed by atoms with E-state index in [1.54, 1.807) is 11.0 Å². The third kappa shape index (κ3) is 7.11. The number of halogens is 4. The fourth-order valence-corrected chi connectivity index (χ4v) is 5.33. The van der Waals surface area contributed by atoms with Crippen molar-refractivity contribution < 1.29 is 32.3 Å². The van der Waals surface area contributed by atoms with Crippen LogP contribution >= 0.6 is 11.6 Å². The van der Waals surface area contributed by atoms with Gasteiger partial charge >= 0.3 is 18.1 Å². The summed E-state index contributed by atoms with van der Waals surface area (Å²) in [6, 6.07) is 6.39. The van der Waals surface area contributed by atoms with Gasteiger partial charge in [0.1, 0.15) is 0 Å². The Morgan fingerprint density at radius 2 is 1.98 bits per heavy atom. The summed E-state index contributed by atoms with van der Waals surface area (Å²) in [5.74, 6) is -2.77. The smallest absolute Gasteiger partial charge is 0.435 e. The van der Waals surface area contributed by atoms with E-state index in [4.69, 9.17) is 33.1 Å². The van der Waals surface area contributed by atoms with Crippen LogP contribution in [0.25, 0.3) is 16.9 Å². The molecule has 15 nitrogen and oxygen atoms in total. The van der Waals surface area contributed by atoms with Crippen molar-refractivity contribution in [3.8, 4) is 17.3 Å². The number of ether oxygens (including phenoxy) is 1. The molecule has 1 saturated heterocycles. The van der Waals surface area contributed by atoms with E-state index in [1.807, 2.05) is 6.07 Å². The van der Waals surface area contributed by atoms with Gasteiger partial charge in [-0.2, -0.15) is 23.5 Å². The molecule has 47 heavy (non-hydrogen) atoms. The van der Waals surface area contributed by atoms with E-state index in [-0.39, 0.29) is 65.9 Å². The number of nitrogens with one attached hydrogen (secondary N) is 1. The Kier molecular flexibility index (Phi) is 9.60. The van der Waals surface area contributed by atoms with E-state index in [0.29, 0.717) is 18.8 Å². The first-order valence-corrected chi connectivity index (χ1v) is 14.4. The predicted molar refractivity (Wildman–Crippen MR) is 160 cm³/mol. The molecule has 1 fully saturated rings. The molecule has 0 bridgehead atoms. The number of nitriles is 1. The van der Waals surface area contributed by atoms with Crippen LogP contribution < -0.4 is 16.8 Å². The number of carbonyl (C=O) groups is 3. The average molecular weight is 674 g/mol. The number of hydrogen-bond donors (Lipinski definition) is 3. The highest BCUT2D eigenvalue weighted by molar-refractivity contribution is 6.34. The SMILES string of the molecule is N#CCCn1cc(-c2cnc3c(Nc4ccc(C(=O)N5CCN(CCN)C(OC(=O)C(N)=O)C5)c(Cl)c4)nccn23)c(C(F)(F)F)n1. The molecule has 0 radical (unpaired) electrons. The number of aryl methyl sites for hydroxylation is 1. The van der Waals surface area contributed by atoms with Crippen molar-refractivity contribution in [1.29, 1.82) is 5.26 Å². The maximum atomic E-state index is 13.9. The number of nitrogens with zero attached hydrogens (tertiary/aromatic N) is 8. The number of benzene rings is 1. The number of rotatable bonds is 9. The molecule has 1 aliphatic rings. The van der Waals surface area contributed by atoms with Gasteiger partial charge in [-0.25, -0.2) is 14.8 Å². The molecule has 19 heteroatoms. The maximum absolute atomic E-state index is 13.9. The van der Waals surface area contributed by atoms with Gasteiger partial charge in [-0.05, 0) is 18.2 Å². The van der Waals surface area contributed by atoms with Gasteiger partial charge in [-0.3, -0.25) is 23.6 Å². The third-order valence-electron chi connectivity index (χ3n) is 7.24. The molecule has 1 unspecified atom stereocenters. The molecule has 5 N–H and O–H groups in total. The van der Waals surface area contributed by atoms with Crippen LogP contribution in [0.3, 0.4) is 0 Å². The number of primary amides is 1. The first-order valence-electron chi connectivity index (χ1n) is 14.1. The molecule has 1 atom stereocenters. The van der Waals surface area contributed by atoms with Crippen LogP contribution in [0.4, 0.5) is 24.7 Å². The van der Waals surface area contributed by atoms with Crippen molar-refractivity contribution in [3.63, 3.8) is 0 Å². The maximum Gasteiger partial charge on any atom is 0.435 e. The Bertz CT molecular complexity index is 1870. The first-order chi connectivity index (χ1) is 22.4. The molecule has 4 heterocycles. The van der Waals surface area contributed by atoms with Crippen molar-refractivity contribution in [2.24, 2.45) is 11.5 Å². The van der Waals surface area contributed by atoms with E-state index in [1.165, 1.54) is 46.2 Å². The summed E-state index contributed by atoms with van der Waals surface area (Å²) in [5, 5.41) is 15.6. The number of esters is 1. The van der Waals surface area contributed by atoms with Crippen LogP contribution in [0.2, 0.25) is 5.02 Å². The zero-order valence-electron chi connectivity index (χ0n) is 24.4. The third-order valence-corrected chi connectivity index (χ3v) is 7.55. The van der Waals surface area contributed by atoms with Crippen LogP contribution in [0.1, 0.15) is 22.5 Å². The van der Waals surface area contributed by atoms with Gasteiger partial charge in [0.25, 0.3) is 5.91 Å². The highest BCUT2D eigenvalue weighted by Gasteiger charge is 2.38. The summed E-state index contributed by atoms with van der Waals surface area (Å²) < 4.78 is 49.2. The standard InChI is InChI=1S/C28H27ClF3N11O4/c29-19-12-16(2-3-17(19)26(45)41-11-10-40(8-5-34)21(15-41)47-27(46)23(35)44)38-24-25-37-13-20(43(25)9-6-36-24)18-14-42(7-1-4-33)39-22(18)28(30,31)32/h2-3,6,9,12-14,21H,1,5,7-8,10-11,15,34H2,(H2,35,44)(H,36,38). The van der Waals surface area contributed by atoms with E-state index >= 15 is 0 Å². The lowest BCUT2D eigenvalue weighted by Crippen LogP contribution is -2.57. The molecule has 246 valence electrons. The van der Waals surface area contributed by atoms with E-state index < -0.39 is 35.9 Å². The lowest BCUT2D eigenvalue weighted by molar-refractivity contribution is -0.169. The number of hydrogen-bond acceptors (Lipinski definition) is 11. The number of anilines is 2. The molecule has 3 aromatic heterocycles. The van der Waals surface area contributed by atoms with Gasteiger partial charge in [0.05, 0.1) is 53.6 Å². The number of fused-ring (bicyclic) bond motifs is 1. The number of piperazine rings is 1. The normalized spacial score (nSPS) is 15.4. The van der Waals surface area contributed by atoms with E-state index in [9.17, 15) is 27.6 Å². The topological polar surface area (TPSA) is 203 Å². The number of imidazole rings is 1. The van der Waals surface area contributed by atoms with Gasteiger partial charge < -0.3 is 26.4 Å². The molecule has 2 amide bonds. The minimum atomic E-state index is -4.76. The lowest BCUT2D eigenvalue weighted by Gasteiger charge is -2.40. The van der Waals surface area contributed by atoms with E-state index in [0.717, 1.165) is 4.68 Å². The zero-order valence-corrected chi connectivity index (χ0v) is 25.2. The first kappa shape index (κ1) is 33.1. The summed E-state index contributed by atoms with van der Waals surface area (Å²) in [5.41, 5.74) is 10.2. The second-order valence-corrected chi connectivity index (χ2v) is 10.7. The Hall–Kier alpha value is -5.25. The monoisotopic (exact) mass is 673 g/mol. The molecule has 0 aliphatic carbocycles. The Morgan fingerprint density at radius 1 is 1.19 bits per heavy atom. The van der Waals surface area contributed by atoms with Crippen molar-refractivity contribution in [3.05, 3.63) is 59.3 Å². The Morgan fingerprint density at radius 3 is 2.66 bits per heavy atom. The highest BCUT2D eigenvalue weighted by atomic mass is 35.5. The van der Waals surface area contributed by atoms with Crippen LogP contribution in [0.5, 0.6) is 0 Å². The lowest BCUT2D eigenvalue weighted by atomic mass is 10.1. The summed E-state index contributed by atoms with van der Waals surface area (Å²) in [6.45, 7) is 1.11. The van der Waals surface area contributed by atoms with Crippen molar-refractivity contribution in [1.82, 2.24) is 33.9 Å². The van der Waals surface area contributed by atoms with Crippen molar-refractivity contribution in [2.45, 2.75) is 25.4 Å². The number of aromatic nitrogens is 5. The van der Waals surface area contributed by atoms with Gasteiger partial charge in [-0.15, -0.1) is 0 Å². The number of alkyl halides is 3. The van der Waals surface area contributed by atoms with Gasteiger partial charge in [0, 0.05) is 50.5 Å². The summed E-state index contributed by atoms with van der Waals surface area (Å²) in [6.07, 6.45) is -0.414. The molecule has 1 aliphatic heterocycles. The van der Waals surface area contributed by atoms with Crippen LogP contribution in [0.15, 0.2) is 43.0 Å². The minimum absolute atomic E-state index is 0.0161. The van der Waals surface area contributed by atoms with Crippen molar-refractivity contribution >= 4 is 46.5 Å². The fourth-order valence-electron chi connectivity index (χ4n) is 5.07. The molecule has 0 saturated carbocycles. The van der Waals surface area contributed by atoms with Gasteiger partial charge in [-0.1, -0.05) is 11.6 Å². The summed E-state index contributed by atoms with van der Waals surface area (Å²) in [4.78, 5) is 48.2. The van der Waals surface area contributed by atoms with Crippen LogP contribution in [0, 0.1) is 11.3 Å². The molecule has 4 aromatic rings. The molecular formula is C28H27ClF3N11O4. The van der Waals surface area contributed by atoms with Crippen molar-refractivity contribution in [2.75, 3.05) is 38.0 Å². The van der Waals surface area contributed by atoms with Crippen LogP contribution in [-0.4, -0.2) is 90.7 Å². The molecule has 1 aromatic carbocycles. The highest BCUT2D eigenvalue weighted by Crippen LogP contribution is 2.37. The Labute approximate surface area is 269 Å². The number of carbonyl (C=O) groups excluding carboxylic acids is 3. The predicted octanol–water partition coefficient (Wildman–Crippen LogP) is 1.99. The van der Waals surface area contributed by atoms with Gasteiger partial charge in [0.15, 0.2) is 23.4 Å². The molecular weight excluding hydrogens is 647 g/mol. The summed E-state index contributed by atoms with van der Waals surface area (Å²) in [7, 11) is 0. The summed E-state index contributed by atoms with van der Waals surface area (Å²) >= 11 is 6.51. The molecule has 5 rings (SSSR count). The quantitative estimate of drug-likeness (QED) is 0.173. The zero-order chi connectivity index (χ0) is 33.9. The van der Waals surface area contributed by atoms with Gasteiger partial charge in [0.2, 0.25) is 0 Å². The second kappa shape index (κ2) is 13.6. The second-order valence-electron chi connectivity index (χ2n) is 10.3. The average Bonchev–Trinajstić information content (AvgIpc) is 3.66. The largest absolute Gasteiger partial charge is 0.437 e. The van der Waals surface area contributed by atoms with Crippen LogP contribution in [-0.2, 0) is 27.0 Å². The Balaban J connectivity index is 1.37. The molecule has 0 spiro atoms. The van der Waals surface area contributed by atoms with E-state index in [2.05, 4.69) is 20.4 Å². The number of nitrogens with two attached hydrogens (primary N) is 2. The minimum Gasteiger partial charge on any atom is -0.437 e. The number of amides is 2. The fraction of sp³-hybridized carbons (Fsp3) is 0.321.